The third-order valence-corrected chi connectivity index (χ3v) is 3.73. The van der Waals surface area contributed by atoms with Crippen LogP contribution in [0.3, 0.4) is 0 Å². The highest BCUT2D eigenvalue weighted by atomic mass is 16.5. The number of carbonyl (C=O) groups excluding carboxylic acids is 1. The summed E-state index contributed by atoms with van der Waals surface area (Å²) in [7, 11) is 0. The molecule has 0 amide bonds. The fourth-order valence-corrected chi connectivity index (χ4v) is 2.63. The maximum Gasteiger partial charge on any atom is 0.310 e. The predicted molar refractivity (Wildman–Crippen MR) is 90.3 cm³/mol. The average molecular weight is 307 g/mol. The van der Waals surface area contributed by atoms with Crippen molar-refractivity contribution in [1.29, 1.82) is 0 Å². The lowest BCUT2D eigenvalue weighted by atomic mass is 9.99. The second-order valence-corrected chi connectivity index (χ2v) is 5.26. The van der Waals surface area contributed by atoms with E-state index >= 15 is 0 Å². The SMILES string of the molecule is CCOC(=O)Cc1ccc(-c2c[nH]c(=O)c3ccccc23)cc1. The molecule has 3 rings (SSSR count). The molecular weight excluding hydrogens is 290 g/mol. The molecule has 1 heterocycles. The van der Waals surface area contributed by atoms with E-state index in [1.807, 2.05) is 48.5 Å². The Kier molecular flexibility index (Phi) is 4.24. The van der Waals surface area contributed by atoms with Crippen molar-refractivity contribution >= 4 is 16.7 Å². The summed E-state index contributed by atoms with van der Waals surface area (Å²) in [6.07, 6.45) is 1.99. The topological polar surface area (TPSA) is 59.2 Å². The van der Waals surface area contributed by atoms with Crippen molar-refractivity contribution in [3.63, 3.8) is 0 Å². The minimum absolute atomic E-state index is 0.0942. The molecule has 4 nitrogen and oxygen atoms in total. The summed E-state index contributed by atoms with van der Waals surface area (Å²) in [4.78, 5) is 26.2. The molecule has 0 unspecified atom stereocenters. The Morgan fingerprint density at radius 2 is 1.74 bits per heavy atom. The Morgan fingerprint density at radius 1 is 1.04 bits per heavy atom. The molecule has 4 heteroatoms. The van der Waals surface area contributed by atoms with Gasteiger partial charge in [0.2, 0.25) is 0 Å². The summed E-state index contributed by atoms with van der Waals surface area (Å²) in [6.45, 7) is 2.18. The van der Waals surface area contributed by atoms with E-state index in [4.69, 9.17) is 4.74 Å². The van der Waals surface area contributed by atoms with Gasteiger partial charge in [-0.1, -0.05) is 42.5 Å². The summed E-state index contributed by atoms with van der Waals surface area (Å²) in [5, 5.41) is 1.58. The molecular formula is C19H17NO3. The van der Waals surface area contributed by atoms with Gasteiger partial charge < -0.3 is 9.72 Å². The highest BCUT2D eigenvalue weighted by Gasteiger charge is 2.08. The van der Waals surface area contributed by atoms with Crippen LogP contribution in [0.5, 0.6) is 0 Å². The molecule has 0 fully saturated rings. The van der Waals surface area contributed by atoms with Crippen LogP contribution in [0.4, 0.5) is 0 Å². The number of hydrogen-bond acceptors (Lipinski definition) is 3. The maximum absolute atomic E-state index is 11.9. The monoisotopic (exact) mass is 307 g/mol. The molecule has 0 bridgehead atoms. The van der Waals surface area contributed by atoms with Gasteiger partial charge in [0.15, 0.2) is 0 Å². The Hall–Kier alpha value is -2.88. The van der Waals surface area contributed by atoms with Crippen molar-refractivity contribution in [2.75, 3.05) is 6.61 Å². The Bertz CT molecular complexity index is 894. The largest absolute Gasteiger partial charge is 0.466 e. The van der Waals surface area contributed by atoms with Crippen molar-refractivity contribution < 1.29 is 9.53 Å². The van der Waals surface area contributed by atoms with Gasteiger partial charge in [0.05, 0.1) is 13.0 Å². The molecule has 0 saturated carbocycles. The lowest BCUT2D eigenvalue weighted by Gasteiger charge is -2.07. The van der Waals surface area contributed by atoms with Crippen LogP contribution in [-0.4, -0.2) is 17.6 Å². The lowest BCUT2D eigenvalue weighted by molar-refractivity contribution is -0.142. The van der Waals surface area contributed by atoms with Gasteiger partial charge >= 0.3 is 5.97 Å². The number of esters is 1. The molecule has 0 spiro atoms. The first-order chi connectivity index (χ1) is 11.2. The molecule has 1 N–H and O–H groups in total. The summed E-state index contributed by atoms with van der Waals surface area (Å²) < 4.78 is 4.95. The number of hydrogen-bond donors (Lipinski definition) is 1. The number of rotatable bonds is 4. The summed E-state index contributed by atoms with van der Waals surface area (Å²) in [6, 6.07) is 15.2. The molecule has 2 aromatic carbocycles. The predicted octanol–water partition coefficient (Wildman–Crippen LogP) is 3.30. The zero-order valence-corrected chi connectivity index (χ0v) is 12.8. The number of nitrogens with one attached hydrogen (secondary N) is 1. The van der Waals surface area contributed by atoms with Crippen LogP contribution < -0.4 is 5.56 Å². The normalized spacial score (nSPS) is 10.7. The second kappa shape index (κ2) is 6.48. The van der Waals surface area contributed by atoms with E-state index in [1.54, 1.807) is 13.1 Å². The molecule has 0 atom stereocenters. The zero-order chi connectivity index (χ0) is 16.2. The lowest BCUT2D eigenvalue weighted by Crippen LogP contribution is -2.07. The van der Waals surface area contributed by atoms with Crippen LogP contribution in [-0.2, 0) is 16.0 Å². The van der Waals surface area contributed by atoms with Crippen LogP contribution in [0, 0.1) is 0 Å². The fourth-order valence-electron chi connectivity index (χ4n) is 2.63. The van der Waals surface area contributed by atoms with Crippen LogP contribution in [0.2, 0.25) is 0 Å². The first-order valence-electron chi connectivity index (χ1n) is 7.54. The molecule has 0 aliphatic carbocycles. The van der Waals surface area contributed by atoms with E-state index < -0.39 is 0 Å². The van der Waals surface area contributed by atoms with E-state index in [0.29, 0.717) is 12.0 Å². The molecule has 23 heavy (non-hydrogen) atoms. The van der Waals surface area contributed by atoms with Gasteiger partial charge in [-0.05, 0) is 29.5 Å². The van der Waals surface area contributed by atoms with E-state index in [0.717, 1.165) is 22.1 Å². The standard InChI is InChI=1S/C19H17NO3/c1-2-23-18(21)11-13-7-9-14(10-8-13)17-12-20-19(22)16-6-4-3-5-15(16)17/h3-10,12H,2,11H2,1H3,(H,20,22). The Balaban J connectivity index is 1.96. The number of ether oxygens (including phenoxy) is 1. The fraction of sp³-hybridized carbons (Fsp3) is 0.158. The molecule has 0 radical (unpaired) electrons. The third-order valence-electron chi connectivity index (χ3n) is 3.73. The number of carbonyl (C=O) groups is 1. The summed E-state index contributed by atoms with van der Waals surface area (Å²) in [5.74, 6) is -0.227. The minimum Gasteiger partial charge on any atom is -0.466 e. The number of pyridine rings is 1. The highest BCUT2D eigenvalue weighted by molar-refractivity contribution is 5.95. The van der Waals surface area contributed by atoms with Crippen LogP contribution in [0.15, 0.2) is 59.5 Å². The highest BCUT2D eigenvalue weighted by Crippen LogP contribution is 2.26. The third kappa shape index (κ3) is 3.16. The van der Waals surface area contributed by atoms with Gasteiger partial charge in [-0.25, -0.2) is 0 Å². The van der Waals surface area contributed by atoms with Crippen LogP contribution in [0.1, 0.15) is 12.5 Å². The first-order valence-corrected chi connectivity index (χ1v) is 7.54. The quantitative estimate of drug-likeness (QED) is 0.752. The number of fused-ring (bicyclic) bond motifs is 1. The second-order valence-electron chi connectivity index (χ2n) is 5.26. The number of aromatic nitrogens is 1. The average Bonchev–Trinajstić information content (AvgIpc) is 2.57. The van der Waals surface area contributed by atoms with Crippen molar-refractivity contribution in [1.82, 2.24) is 4.98 Å². The van der Waals surface area contributed by atoms with Crippen molar-refractivity contribution in [3.05, 3.63) is 70.6 Å². The van der Waals surface area contributed by atoms with Crippen molar-refractivity contribution in [2.45, 2.75) is 13.3 Å². The minimum atomic E-state index is -0.227. The molecule has 0 saturated heterocycles. The van der Waals surface area contributed by atoms with Gasteiger partial charge in [0.1, 0.15) is 0 Å². The zero-order valence-electron chi connectivity index (χ0n) is 12.8. The van der Waals surface area contributed by atoms with Gasteiger partial charge in [0, 0.05) is 17.1 Å². The Labute approximate surface area is 133 Å². The van der Waals surface area contributed by atoms with E-state index in [9.17, 15) is 9.59 Å². The molecule has 116 valence electrons. The maximum atomic E-state index is 11.9. The summed E-state index contributed by atoms with van der Waals surface area (Å²) in [5.41, 5.74) is 2.76. The molecule has 0 aliphatic heterocycles. The van der Waals surface area contributed by atoms with Crippen molar-refractivity contribution in [3.8, 4) is 11.1 Å². The van der Waals surface area contributed by atoms with Crippen LogP contribution in [0.25, 0.3) is 21.9 Å². The van der Waals surface area contributed by atoms with Gasteiger partial charge in [-0.2, -0.15) is 0 Å². The molecule has 3 aromatic rings. The summed E-state index contributed by atoms with van der Waals surface area (Å²) >= 11 is 0. The number of aromatic amines is 1. The van der Waals surface area contributed by atoms with Gasteiger partial charge in [-0.15, -0.1) is 0 Å². The van der Waals surface area contributed by atoms with Gasteiger partial charge in [0.25, 0.3) is 5.56 Å². The molecule has 1 aromatic heterocycles. The Morgan fingerprint density at radius 3 is 2.43 bits per heavy atom. The first kappa shape index (κ1) is 15.0. The van der Waals surface area contributed by atoms with Gasteiger partial charge in [-0.3, -0.25) is 9.59 Å². The van der Waals surface area contributed by atoms with Crippen molar-refractivity contribution in [2.24, 2.45) is 0 Å². The number of H-pyrrole nitrogens is 1. The van der Waals surface area contributed by atoms with E-state index in [1.165, 1.54) is 0 Å². The molecule has 0 aliphatic rings. The van der Waals surface area contributed by atoms with E-state index in [-0.39, 0.29) is 17.9 Å². The van der Waals surface area contributed by atoms with E-state index in [2.05, 4.69) is 4.98 Å². The number of benzene rings is 2. The van der Waals surface area contributed by atoms with Crippen LogP contribution >= 0.6 is 0 Å². The smallest absolute Gasteiger partial charge is 0.310 e.